The fourth-order valence-electron chi connectivity index (χ4n) is 1.89. The minimum Gasteiger partial charge on any atom is -0.383 e. The average molecular weight is 200 g/mol. The van der Waals surface area contributed by atoms with Crippen LogP contribution in [0, 0.1) is 5.92 Å². The molecule has 14 heavy (non-hydrogen) atoms. The van der Waals surface area contributed by atoms with E-state index in [1.54, 1.807) is 7.11 Å². The maximum atomic E-state index is 5.02. The molecule has 0 atom stereocenters. The van der Waals surface area contributed by atoms with Gasteiger partial charge in [-0.1, -0.05) is 6.92 Å². The number of nitrogens with one attached hydrogen (secondary N) is 1. The number of hydrogen-bond donors (Lipinski definition) is 1. The monoisotopic (exact) mass is 200 g/mol. The van der Waals surface area contributed by atoms with Crippen LogP contribution in [0.4, 0.5) is 0 Å². The lowest BCUT2D eigenvalue weighted by Gasteiger charge is -2.34. The third-order valence-corrected chi connectivity index (χ3v) is 2.98. The Morgan fingerprint density at radius 3 is 2.64 bits per heavy atom. The largest absolute Gasteiger partial charge is 0.383 e. The summed E-state index contributed by atoms with van der Waals surface area (Å²) in [6.45, 7) is 6.41. The van der Waals surface area contributed by atoms with Crippen LogP contribution in [0.25, 0.3) is 0 Å². The molecular formula is C11H24N2O. The van der Waals surface area contributed by atoms with E-state index in [0.717, 1.165) is 38.2 Å². The van der Waals surface area contributed by atoms with Gasteiger partial charge in [0.1, 0.15) is 0 Å². The lowest BCUT2D eigenvalue weighted by atomic mass is 9.82. The van der Waals surface area contributed by atoms with Gasteiger partial charge in [0.05, 0.1) is 6.61 Å². The van der Waals surface area contributed by atoms with Crippen LogP contribution in [0.1, 0.15) is 19.8 Å². The van der Waals surface area contributed by atoms with Gasteiger partial charge in [-0.2, -0.15) is 0 Å². The van der Waals surface area contributed by atoms with Crippen molar-refractivity contribution in [3.05, 3.63) is 0 Å². The van der Waals surface area contributed by atoms with Crippen LogP contribution in [0.3, 0.4) is 0 Å². The molecule has 1 N–H and O–H groups in total. The Morgan fingerprint density at radius 1 is 1.36 bits per heavy atom. The van der Waals surface area contributed by atoms with Crippen molar-refractivity contribution in [1.29, 1.82) is 0 Å². The summed E-state index contributed by atoms with van der Waals surface area (Å²) in [7, 11) is 3.89. The van der Waals surface area contributed by atoms with Crippen molar-refractivity contribution in [3.63, 3.8) is 0 Å². The molecule has 0 saturated heterocycles. The molecule has 0 aliphatic heterocycles. The Bertz CT molecular complexity index is 146. The van der Waals surface area contributed by atoms with Crippen LogP contribution in [0.15, 0.2) is 0 Å². The van der Waals surface area contributed by atoms with Crippen molar-refractivity contribution in [2.75, 3.05) is 40.4 Å². The molecule has 1 saturated carbocycles. The fourth-order valence-corrected chi connectivity index (χ4v) is 1.89. The minimum absolute atomic E-state index is 0.792. The molecule has 0 aromatic rings. The highest BCUT2D eigenvalue weighted by atomic mass is 16.5. The third kappa shape index (κ3) is 4.40. The zero-order chi connectivity index (χ0) is 10.4. The van der Waals surface area contributed by atoms with E-state index in [0.29, 0.717) is 0 Å². The summed E-state index contributed by atoms with van der Waals surface area (Å²) in [5.74, 6) is 0.943. The second-order valence-electron chi connectivity index (χ2n) is 4.52. The van der Waals surface area contributed by atoms with Gasteiger partial charge in [-0.3, -0.25) is 0 Å². The van der Waals surface area contributed by atoms with Crippen LogP contribution in [-0.2, 0) is 4.74 Å². The first-order valence-corrected chi connectivity index (χ1v) is 5.63. The number of likely N-dealkylation sites (N-methyl/N-ethyl adjacent to an activating group) is 1. The molecule has 3 nitrogen and oxygen atoms in total. The van der Waals surface area contributed by atoms with Crippen LogP contribution < -0.4 is 5.32 Å². The highest BCUT2D eigenvalue weighted by molar-refractivity contribution is 4.82. The lowest BCUT2D eigenvalue weighted by molar-refractivity contribution is 0.158. The molecule has 0 aromatic carbocycles. The first kappa shape index (κ1) is 12.0. The van der Waals surface area contributed by atoms with Crippen molar-refractivity contribution < 1.29 is 4.74 Å². The Labute approximate surface area is 87.8 Å². The third-order valence-electron chi connectivity index (χ3n) is 2.98. The molecule has 0 unspecified atom stereocenters. The number of rotatable bonds is 7. The van der Waals surface area contributed by atoms with Gasteiger partial charge in [0.2, 0.25) is 0 Å². The first-order chi connectivity index (χ1) is 6.72. The number of hydrogen-bond acceptors (Lipinski definition) is 3. The molecule has 84 valence electrons. The predicted octanol–water partition coefficient (Wildman–Crippen LogP) is 0.953. The highest BCUT2D eigenvalue weighted by Crippen LogP contribution is 2.25. The smallest absolute Gasteiger partial charge is 0.0589 e. The molecule has 1 fully saturated rings. The van der Waals surface area contributed by atoms with Gasteiger partial charge in [-0.15, -0.1) is 0 Å². The molecule has 0 radical (unpaired) electrons. The van der Waals surface area contributed by atoms with Gasteiger partial charge in [-0.05, 0) is 25.8 Å². The quantitative estimate of drug-likeness (QED) is 0.662. The Kier molecular flexibility index (Phi) is 5.45. The minimum atomic E-state index is 0.792. The maximum Gasteiger partial charge on any atom is 0.0589 e. The summed E-state index contributed by atoms with van der Waals surface area (Å²) < 4.78 is 5.02. The van der Waals surface area contributed by atoms with E-state index in [1.807, 2.05) is 0 Å². The van der Waals surface area contributed by atoms with Gasteiger partial charge in [0.15, 0.2) is 0 Å². The molecule has 3 heteroatoms. The summed E-state index contributed by atoms with van der Waals surface area (Å²) in [6, 6.07) is 0.792. The summed E-state index contributed by atoms with van der Waals surface area (Å²) >= 11 is 0. The van der Waals surface area contributed by atoms with Crippen molar-refractivity contribution in [2.24, 2.45) is 5.92 Å². The van der Waals surface area contributed by atoms with E-state index in [9.17, 15) is 0 Å². The fraction of sp³-hybridized carbons (Fsp3) is 1.00. The molecule has 1 aliphatic carbocycles. The Morgan fingerprint density at radius 2 is 2.07 bits per heavy atom. The molecule has 0 aromatic heterocycles. The topological polar surface area (TPSA) is 24.5 Å². The summed E-state index contributed by atoms with van der Waals surface area (Å²) in [4.78, 5) is 2.30. The molecular weight excluding hydrogens is 176 g/mol. The van der Waals surface area contributed by atoms with E-state index < -0.39 is 0 Å². The zero-order valence-electron chi connectivity index (χ0n) is 9.75. The van der Waals surface area contributed by atoms with Gasteiger partial charge < -0.3 is 15.0 Å². The zero-order valence-corrected chi connectivity index (χ0v) is 9.75. The molecule has 1 rings (SSSR count). The molecule has 0 bridgehead atoms. The molecule has 0 heterocycles. The van der Waals surface area contributed by atoms with Gasteiger partial charge in [0, 0.05) is 32.8 Å². The van der Waals surface area contributed by atoms with Crippen molar-refractivity contribution in [3.8, 4) is 0 Å². The first-order valence-electron chi connectivity index (χ1n) is 5.63. The van der Waals surface area contributed by atoms with Gasteiger partial charge in [-0.25, -0.2) is 0 Å². The van der Waals surface area contributed by atoms with Gasteiger partial charge in [0.25, 0.3) is 0 Å². The number of ether oxygens (including phenoxy) is 1. The standard InChI is InChI=1S/C11H24N2O/c1-10-8-11(9-10)12-4-5-13(2)6-7-14-3/h10-12H,4-9H2,1-3H3. The Balaban J connectivity index is 1.88. The van der Waals surface area contributed by atoms with Crippen molar-refractivity contribution in [2.45, 2.75) is 25.8 Å². The normalized spacial score (nSPS) is 26.6. The summed E-state index contributed by atoms with van der Waals surface area (Å²) in [5.41, 5.74) is 0. The Hall–Kier alpha value is -0.120. The van der Waals surface area contributed by atoms with E-state index in [1.165, 1.54) is 12.8 Å². The lowest BCUT2D eigenvalue weighted by Crippen LogP contribution is -2.43. The van der Waals surface area contributed by atoms with Crippen molar-refractivity contribution >= 4 is 0 Å². The van der Waals surface area contributed by atoms with Gasteiger partial charge >= 0.3 is 0 Å². The molecule has 1 aliphatic rings. The highest BCUT2D eigenvalue weighted by Gasteiger charge is 2.24. The van der Waals surface area contributed by atoms with Crippen LogP contribution >= 0.6 is 0 Å². The van der Waals surface area contributed by atoms with E-state index in [2.05, 4.69) is 24.2 Å². The predicted molar refractivity (Wildman–Crippen MR) is 59.6 cm³/mol. The molecule has 0 spiro atoms. The summed E-state index contributed by atoms with van der Waals surface area (Å²) in [6.07, 6.45) is 2.73. The average Bonchev–Trinajstić information content (AvgIpc) is 2.12. The number of nitrogens with zero attached hydrogens (tertiary/aromatic N) is 1. The van der Waals surface area contributed by atoms with Crippen LogP contribution in [0.2, 0.25) is 0 Å². The van der Waals surface area contributed by atoms with Crippen LogP contribution in [0.5, 0.6) is 0 Å². The second kappa shape index (κ2) is 6.38. The van der Waals surface area contributed by atoms with Crippen LogP contribution in [-0.4, -0.2) is 51.3 Å². The van der Waals surface area contributed by atoms with E-state index in [-0.39, 0.29) is 0 Å². The van der Waals surface area contributed by atoms with E-state index in [4.69, 9.17) is 4.74 Å². The summed E-state index contributed by atoms with van der Waals surface area (Å²) in [5, 5.41) is 3.57. The maximum absolute atomic E-state index is 5.02. The molecule has 0 amide bonds. The second-order valence-corrected chi connectivity index (χ2v) is 4.52. The number of methoxy groups -OCH3 is 1. The van der Waals surface area contributed by atoms with Crippen molar-refractivity contribution in [1.82, 2.24) is 10.2 Å². The SMILES string of the molecule is COCCN(C)CCNC1CC(C)C1. The van der Waals surface area contributed by atoms with E-state index >= 15 is 0 Å².